The van der Waals surface area contributed by atoms with Gasteiger partial charge in [-0.1, -0.05) is 47.5 Å². The van der Waals surface area contributed by atoms with Crippen LogP contribution in [0.1, 0.15) is 29.2 Å². The van der Waals surface area contributed by atoms with Crippen LogP contribution in [0.15, 0.2) is 84.3 Å². The Morgan fingerprint density at radius 3 is 2.30 bits per heavy atom. The first-order valence-corrected chi connectivity index (χ1v) is 11.1. The number of urea groups is 1. The predicted octanol–water partition coefficient (Wildman–Crippen LogP) is 5.37. The van der Waals surface area contributed by atoms with Crippen LogP contribution in [0.2, 0.25) is 10.0 Å². The van der Waals surface area contributed by atoms with Crippen molar-refractivity contribution < 1.29 is 14.3 Å². The van der Waals surface area contributed by atoms with Gasteiger partial charge in [-0.25, -0.2) is 9.59 Å². The molecule has 0 fully saturated rings. The number of esters is 1. The fourth-order valence-electron chi connectivity index (χ4n) is 3.68. The van der Waals surface area contributed by atoms with Gasteiger partial charge in [0.15, 0.2) is 0 Å². The summed E-state index contributed by atoms with van der Waals surface area (Å²) in [6, 6.07) is 17.1. The number of carbonyl (C=O) groups is 2. The molecule has 0 bridgehead atoms. The molecule has 0 saturated heterocycles. The standard InChI is InChI=1S/C25H21Cl2N3O3/c26-19-5-1-3-16(13-19)7-8-21-22(24(31)33-15-17-4-2-6-20(27)14-17)23(30-25(32)29-21)18-9-11-28-12-10-18/h1-6,9-14,23H,7-8,15H2,(H2,29,30,32). The molecule has 1 aliphatic heterocycles. The largest absolute Gasteiger partial charge is 0.457 e. The Kier molecular flexibility index (Phi) is 7.27. The molecule has 0 saturated carbocycles. The summed E-state index contributed by atoms with van der Waals surface area (Å²) in [5, 5.41) is 6.82. The highest BCUT2D eigenvalue weighted by Gasteiger charge is 2.33. The van der Waals surface area contributed by atoms with Gasteiger partial charge in [0.1, 0.15) is 6.61 Å². The van der Waals surface area contributed by atoms with Crippen LogP contribution in [-0.2, 0) is 22.6 Å². The Hall–Kier alpha value is -3.35. The fourth-order valence-corrected chi connectivity index (χ4v) is 4.10. The first kappa shape index (κ1) is 22.8. The molecule has 4 rings (SSSR count). The lowest BCUT2D eigenvalue weighted by molar-refractivity contribution is -0.140. The summed E-state index contributed by atoms with van der Waals surface area (Å²) in [6.45, 7) is 0.0570. The van der Waals surface area contributed by atoms with E-state index in [0.29, 0.717) is 34.2 Å². The van der Waals surface area contributed by atoms with E-state index < -0.39 is 12.0 Å². The number of benzene rings is 2. The van der Waals surface area contributed by atoms with Gasteiger partial charge in [0.25, 0.3) is 0 Å². The lowest BCUT2D eigenvalue weighted by Gasteiger charge is -2.29. The second kappa shape index (κ2) is 10.5. The van der Waals surface area contributed by atoms with E-state index in [1.807, 2.05) is 24.3 Å². The maximum Gasteiger partial charge on any atom is 0.338 e. The van der Waals surface area contributed by atoms with Crippen molar-refractivity contribution in [2.75, 3.05) is 0 Å². The highest BCUT2D eigenvalue weighted by molar-refractivity contribution is 6.30. The average molecular weight is 482 g/mol. The molecule has 1 aliphatic rings. The number of pyridine rings is 1. The molecule has 0 radical (unpaired) electrons. The molecule has 8 heteroatoms. The van der Waals surface area contributed by atoms with Gasteiger partial charge in [-0.3, -0.25) is 4.98 Å². The van der Waals surface area contributed by atoms with Crippen LogP contribution in [-0.4, -0.2) is 17.0 Å². The number of carbonyl (C=O) groups excluding carboxylic acids is 2. The van der Waals surface area contributed by atoms with E-state index in [2.05, 4.69) is 15.6 Å². The van der Waals surface area contributed by atoms with Crippen LogP contribution in [0.4, 0.5) is 4.79 Å². The average Bonchev–Trinajstić information content (AvgIpc) is 2.81. The van der Waals surface area contributed by atoms with E-state index >= 15 is 0 Å². The van der Waals surface area contributed by atoms with Crippen molar-refractivity contribution in [1.29, 1.82) is 0 Å². The topological polar surface area (TPSA) is 80.3 Å². The van der Waals surface area contributed by atoms with Crippen molar-refractivity contribution in [1.82, 2.24) is 15.6 Å². The summed E-state index contributed by atoms with van der Waals surface area (Å²) >= 11 is 12.1. The molecule has 0 aliphatic carbocycles. The number of hydrogen-bond donors (Lipinski definition) is 2. The smallest absolute Gasteiger partial charge is 0.338 e. The highest BCUT2D eigenvalue weighted by Crippen LogP contribution is 2.30. The minimum absolute atomic E-state index is 0.0570. The van der Waals surface area contributed by atoms with Crippen LogP contribution in [0.5, 0.6) is 0 Å². The summed E-state index contributed by atoms with van der Waals surface area (Å²) in [7, 11) is 0. The fraction of sp³-hybridized carbons (Fsp3) is 0.160. The molecule has 6 nitrogen and oxygen atoms in total. The van der Waals surface area contributed by atoms with Crippen molar-refractivity contribution in [2.24, 2.45) is 0 Å². The number of rotatable bonds is 7. The Morgan fingerprint density at radius 1 is 0.939 bits per heavy atom. The summed E-state index contributed by atoms with van der Waals surface area (Å²) in [5.74, 6) is -0.523. The van der Waals surface area contributed by atoms with Gasteiger partial charge in [-0.2, -0.15) is 0 Å². The van der Waals surface area contributed by atoms with Gasteiger partial charge in [0, 0.05) is 28.1 Å². The highest BCUT2D eigenvalue weighted by atomic mass is 35.5. The van der Waals surface area contributed by atoms with E-state index in [-0.39, 0.29) is 12.6 Å². The molecule has 1 aromatic heterocycles. The molecule has 2 heterocycles. The zero-order chi connectivity index (χ0) is 23.2. The van der Waals surface area contributed by atoms with Crippen molar-refractivity contribution in [3.63, 3.8) is 0 Å². The molecule has 33 heavy (non-hydrogen) atoms. The van der Waals surface area contributed by atoms with Gasteiger partial charge in [-0.05, 0) is 65.9 Å². The van der Waals surface area contributed by atoms with Gasteiger partial charge in [-0.15, -0.1) is 0 Å². The van der Waals surface area contributed by atoms with Crippen LogP contribution in [0, 0.1) is 0 Å². The second-order valence-electron chi connectivity index (χ2n) is 7.54. The SMILES string of the molecule is O=C1NC(CCc2cccc(Cl)c2)=C(C(=O)OCc2cccc(Cl)c2)C(c2ccncc2)N1. The number of nitrogens with one attached hydrogen (secondary N) is 2. The minimum atomic E-state index is -0.664. The van der Waals surface area contributed by atoms with Crippen LogP contribution >= 0.6 is 23.2 Å². The van der Waals surface area contributed by atoms with Crippen molar-refractivity contribution >= 4 is 35.2 Å². The number of amides is 2. The Labute approximate surface area is 201 Å². The lowest BCUT2D eigenvalue weighted by atomic mass is 9.93. The third-order valence-electron chi connectivity index (χ3n) is 5.22. The predicted molar refractivity (Wildman–Crippen MR) is 127 cm³/mol. The normalized spacial score (nSPS) is 15.6. The van der Waals surface area contributed by atoms with Gasteiger partial charge in [0.2, 0.25) is 0 Å². The van der Waals surface area contributed by atoms with E-state index in [0.717, 1.165) is 16.7 Å². The molecule has 168 valence electrons. The van der Waals surface area contributed by atoms with Crippen LogP contribution in [0.3, 0.4) is 0 Å². The summed E-state index contributed by atoms with van der Waals surface area (Å²) in [6.07, 6.45) is 4.25. The lowest BCUT2D eigenvalue weighted by Crippen LogP contribution is -2.46. The molecule has 2 amide bonds. The molecular formula is C25H21Cl2N3O3. The van der Waals surface area contributed by atoms with E-state index in [4.69, 9.17) is 27.9 Å². The van der Waals surface area contributed by atoms with E-state index in [9.17, 15) is 9.59 Å². The second-order valence-corrected chi connectivity index (χ2v) is 8.41. The number of aryl methyl sites for hydroxylation is 1. The van der Waals surface area contributed by atoms with E-state index in [1.165, 1.54) is 0 Å². The first-order chi connectivity index (χ1) is 16.0. The maximum absolute atomic E-state index is 13.3. The van der Waals surface area contributed by atoms with Gasteiger partial charge < -0.3 is 15.4 Å². The number of allylic oxidation sites excluding steroid dienone is 1. The maximum atomic E-state index is 13.3. The first-order valence-electron chi connectivity index (χ1n) is 10.4. The van der Waals surface area contributed by atoms with Crippen molar-refractivity contribution in [2.45, 2.75) is 25.5 Å². The zero-order valence-corrected chi connectivity index (χ0v) is 19.1. The number of aromatic nitrogens is 1. The quantitative estimate of drug-likeness (QED) is 0.444. The third-order valence-corrected chi connectivity index (χ3v) is 5.69. The monoisotopic (exact) mass is 481 g/mol. The zero-order valence-electron chi connectivity index (χ0n) is 17.6. The number of ether oxygens (including phenoxy) is 1. The summed E-state index contributed by atoms with van der Waals surface area (Å²) in [4.78, 5) is 29.8. The van der Waals surface area contributed by atoms with Crippen LogP contribution < -0.4 is 10.6 Å². The summed E-state index contributed by atoms with van der Waals surface area (Å²) in [5.41, 5.74) is 3.36. The Balaban J connectivity index is 1.64. The van der Waals surface area contributed by atoms with Gasteiger partial charge in [0.05, 0.1) is 11.6 Å². The summed E-state index contributed by atoms with van der Waals surface area (Å²) < 4.78 is 5.63. The van der Waals surface area contributed by atoms with Gasteiger partial charge >= 0.3 is 12.0 Å². The molecular weight excluding hydrogens is 461 g/mol. The minimum Gasteiger partial charge on any atom is -0.457 e. The Bertz CT molecular complexity index is 1200. The van der Waals surface area contributed by atoms with Crippen molar-refractivity contribution in [3.05, 3.63) is 111 Å². The Morgan fingerprint density at radius 2 is 1.61 bits per heavy atom. The number of nitrogens with zero attached hydrogens (tertiary/aromatic N) is 1. The van der Waals surface area contributed by atoms with Crippen molar-refractivity contribution in [3.8, 4) is 0 Å². The third kappa shape index (κ3) is 5.92. The number of hydrogen-bond acceptors (Lipinski definition) is 4. The molecule has 1 unspecified atom stereocenters. The molecule has 0 spiro atoms. The molecule has 2 aromatic carbocycles. The molecule has 1 atom stereocenters. The molecule has 3 aromatic rings. The number of halogens is 2. The molecule has 2 N–H and O–H groups in total. The van der Waals surface area contributed by atoms with E-state index in [1.54, 1.807) is 48.8 Å². The van der Waals surface area contributed by atoms with Crippen LogP contribution in [0.25, 0.3) is 0 Å².